The maximum Gasteiger partial charge on any atom is 0.339 e. The minimum Gasteiger partial charge on any atom is -0.465 e. The Hall–Kier alpha value is -2.01. The summed E-state index contributed by atoms with van der Waals surface area (Å²) >= 11 is 11.9. The molecule has 0 aliphatic heterocycles. The summed E-state index contributed by atoms with van der Waals surface area (Å²) < 4.78 is 4.60. The van der Waals surface area contributed by atoms with Gasteiger partial charge in [-0.05, 0) is 11.6 Å². The summed E-state index contributed by atoms with van der Waals surface area (Å²) in [6.45, 7) is 0. The molecule has 0 radical (unpaired) electrons. The van der Waals surface area contributed by atoms with Crippen LogP contribution in [0.1, 0.15) is 10.4 Å². The lowest BCUT2D eigenvalue weighted by atomic mass is 10.1. The standard InChI is InChI=1S/C11H6Cl2N4O2/c1-19-11(18)6-4-15-10-5(9(6)16-17-14)2-3-7(12)8(10)13/h2-4H,1H3. The monoisotopic (exact) mass is 296 g/mol. The van der Waals surface area contributed by atoms with Crippen molar-refractivity contribution in [3.8, 4) is 0 Å². The van der Waals surface area contributed by atoms with Crippen molar-refractivity contribution in [1.29, 1.82) is 0 Å². The number of rotatable bonds is 2. The van der Waals surface area contributed by atoms with Crippen LogP contribution in [0, 0.1) is 0 Å². The molecule has 0 aliphatic carbocycles. The summed E-state index contributed by atoms with van der Waals surface area (Å²) in [5, 5.41) is 4.48. The van der Waals surface area contributed by atoms with E-state index in [2.05, 4.69) is 19.7 Å². The van der Waals surface area contributed by atoms with Crippen molar-refractivity contribution in [3.05, 3.63) is 44.4 Å². The number of nitrogens with zero attached hydrogens (tertiary/aromatic N) is 4. The van der Waals surface area contributed by atoms with E-state index in [-0.39, 0.29) is 16.3 Å². The fourth-order valence-corrected chi connectivity index (χ4v) is 1.97. The Morgan fingerprint density at radius 3 is 2.84 bits per heavy atom. The second-order valence-corrected chi connectivity index (χ2v) is 4.24. The van der Waals surface area contributed by atoms with Gasteiger partial charge >= 0.3 is 5.97 Å². The molecular weight excluding hydrogens is 291 g/mol. The number of azide groups is 1. The molecule has 0 amide bonds. The van der Waals surface area contributed by atoms with Gasteiger partial charge in [-0.25, -0.2) is 4.79 Å². The van der Waals surface area contributed by atoms with Gasteiger partial charge in [0.2, 0.25) is 0 Å². The van der Waals surface area contributed by atoms with E-state index in [1.165, 1.54) is 19.4 Å². The normalized spacial score (nSPS) is 10.1. The average molecular weight is 297 g/mol. The van der Waals surface area contributed by atoms with Gasteiger partial charge in [-0.2, -0.15) is 0 Å². The third kappa shape index (κ3) is 2.29. The minimum absolute atomic E-state index is 0.0613. The zero-order valence-corrected chi connectivity index (χ0v) is 11.1. The van der Waals surface area contributed by atoms with Crippen LogP contribution in [0.4, 0.5) is 5.69 Å². The number of hydrogen-bond acceptors (Lipinski definition) is 4. The molecule has 0 fully saturated rings. The first kappa shape index (κ1) is 13.4. The number of methoxy groups -OCH3 is 1. The first-order valence-electron chi connectivity index (χ1n) is 5.00. The van der Waals surface area contributed by atoms with Gasteiger partial charge in [-0.15, -0.1) is 0 Å². The number of aromatic nitrogens is 1. The summed E-state index contributed by atoms with van der Waals surface area (Å²) in [6, 6.07) is 3.11. The highest BCUT2D eigenvalue weighted by molar-refractivity contribution is 6.45. The lowest BCUT2D eigenvalue weighted by Crippen LogP contribution is -2.02. The molecule has 0 atom stereocenters. The van der Waals surface area contributed by atoms with Gasteiger partial charge in [0.05, 0.1) is 33.9 Å². The van der Waals surface area contributed by atoms with E-state index in [9.17, 15) is 4.79 Å². The molecular formula is C11H6Cl2N4O2. The molecule has 0 aliphatic rings. The van der Waals surface area contributed by atoms with E-state index in [4.69, 9.17) is 28.7 Å². The molecule has 19 heavy (non-hydrogen) atoms. The van der Waals surface area contributed by atoms with Gasteiger partial charge in [-0.3, -0.25) is 4.98 Å². The van der Waals surface area contributed by atoms with Crippen LogP contribution in [0.15, 0.2) is 23.4 Å². The summed E-state index contributed by atoms with van der Waals surface area (Å²) in [5.74, 6) is -0.650. The van der Waals surface area contributed by atoms with Gasteiger partial charge in [0.1, 0.15) is 0 Å². The van der Waals surface area contributed by atoms with E-state index >= 15 is 0 Å². The lowest BCUT2D eigenvalue weighted by molar-refractivity contribution is 0.0601. The lowest BCUT2D eigenvalue weighted by Gasteiger charge is -2.08. The smallest absolute Gasteiger partial charge is 0.339 e. The molecule has 0 unspecified atom stereocenters. The third-order valence-corrected chi connectivity index (χ3v) is 3.25. The van der Waals surface area contributed by atoms with Crippen molar-refractivity contribution >= 4 is 45.8 Å². The van der Waals surface area contributed by atoms with E-state index in [1.54, 1.807) is 6.07 Å². The number of pyridine rings is 1. The first-order chi connectivity index (χ1) is 9.10. The quantitative estimate of drug-likeness (QED) is 0.359. The predicted octanol–water partition coefficient (Wildman–Crippen LogP) is 4.27. The van der Waals surface area contributed by atoms with Crippen molar-refractivity contribution in [2.24, 2.45) is 5.11 Å². The number of benzene rings is 1. The number of fused-ring (bicyclic) bond motifs is 1. The summed E-state index contributed by atoms with van der Waals surface area (Å²) in [5.41, 5.74) is 9.13. The Bertz CT molecular complexity index is 726. The maximum absolute atomic E-state index is 11.6. The number of esters is 1. The Labute approximate surface area is 117 Å². The first-order valence-corrected chi connectivity index (χ1v) is 5.76. The van der Waals surface area contributed by atoms with Crippen molar-refractivity contribution in [1.82, 2.24) is 4.98 Å². The van der Waals surface area contributed by atoms with Crippen LogP contribution in [0.5, 0.6) is 0 Å². The van der Waals surface area contributed by atoms with Gasteiger partial charge < -0.3 is 4.74 Å². The van der Waals surface area contributed by atoms with Crippen LogP contribution < -0.4 is 0 Å². The van der Waals surface area contributed by atoms with Gasteiger partial charge in [-0.1, -0.05) is 34.4 Å². The molecule has 2 rings (SSSR count). The Morgan fingerprint density at radius 2 is 2.21 bits per heavy atom. The minimum atomic E-state index is -0.650. The highest BCUT2D eigenvalue weighted by atomic mass is 35.5. The SMILES string of the molecule is COC(=O)c1cnc2c(Cl)c(Cl)ccc2c1N=[N+]=[N-]. The number of halogens is 2. The molecule has 1 aromatic heterocycles. The highest BCUT2D eigenvalue weighted by Crippen LogP contribution is 2.36. The molecule has 8 heteroatoms. The zero-order chi connectivity index (χ0) is 14.0. The average Bonchev–Trinajstić information content (AvgIpc) is 2.42. The van der Waals surface area contributed by atoms with Crippen LogP contribution >= 0.6 is 23.2 Å². The second-order valence-electron chi connectivity index (χ2n) is 3.46. The van der Waals surface area contributed by atoms with Crippen molar-refractivity contribution < 1.29 is 9.53 Å². The van der Waals surface area contributed by atoms with Crippen LogP contribution in [0.2, 0.25) is 10.0 Å². The van der Waals surface area contributed by atoms with E-state index in [1.807, 2.05) is 0 Å². The number of hydrogen-bond donors (Lipinski definition) is 0. The predicted molar refractivity (Wildman–Crippen MR) is 71.9 cm³/mol. The fraction of sp³-hybridized carbons (Fsp3) is 0.0909. The summed E-state index contributed by atoms with van der Waals surface area (Å²) in [4.78, 5) is 18.4. The number of carbonyl (C=O) groups excluding carboxylic acids is 1. The van der Waals surface area contributed by atoms with E-state index in [0.717, 1.165) is 0 Å². The molecule has 96 valence electrons. The van der Waals surface area contributed by atoms with Crippen LogP contribution in [0.25, 0.3) is 21.3 Å². The van der Waals surface area contributed by atoms with Crippen molar-refractivity contribution in [2.75, 3.05) is 7.11 Å². The Kier molecular flexibility index (Phi) is 3.76. The molecule has 2 aromatic rings. The van der Waals surface area contributed by atoms with Crippen molar-refractivity contribution in [2.45, 2.75) is 0 Å². The molecule has 0 saturated heterocycles. The molecule has 6 nitrogen and oxygen atoms in total. The third-order valence-electron chi connectivity index (χ3n) is 2.45. The molecule has 1 aromatic carbocycles. The summed E-state index contributed by atoms with van der Waals surface area (Å²) in [6.07, 6.45) is 1.24. The topological polar surface area (TPSA) is 88.0 Å². The molecule has 0 N–H and O–H groups in total. The maximum atomic E-state index is 11.6. The van der Waals surface area contributed by atoms with Gasteiger partial charge in [0.25, 0.3) is 0 Å². The van der Waals surface area contributed by atoms with Gasteiger partial charge in [0.15, 0.2) is 0 Å². The second kappa shape index (κ2) is 5.32. The summed E-state index contributed by atoms with van der Waals surface area (Å²) in [7, 11) is 1.22. The Balaban J connectivity index is 2.89. The molecule has 0 saturated carbocycles. The van der Waals surface area contributed by atoms with E-state index < -0.39 is 5.97 Å². The molecule has 0 spiro atoms. The van der Waals surface area contributed by atoms with Crippen LogP contribution in [0.3, 0.4) is 0 Å². The number of ether oxygens (including phenoxy) is 1. The van der Waals surface area contributed by atoms with Crippen LogP contribution in [-0.4, -0.2) is 18.1 Å². The fourth-order valence-electron chi connectivity index (χ4n) is 1.60. The molecule has 1 heterocycles. The van der Waals surface area contributed by atoms with Crippen LogP contribution in [-0.2, 0) is 4.74 Å². The molecule has 0 bridgehead atoms. The van der Waals surface area contributed by atoms with E-state index in [0.29, 0.717) is 15.9 Å². The number of carbonyl (C=O) groups is 1. The highest BCUT2D eigenvalue weighted by Gasteiger charge is 2.17. The van der Waals surface area contributed by atoms with Gasteiger partial charge in [0, 0.05) is 16.5 Å². The zero-order valence-electron chi connectivity index (χ0n) is 9.59. The van der Waals surface area contributed by atoms with Crippen molar-refractivity contribution in [3.63, 3.8) is 0 Å². The Morgan fingerprint density at radius 1 is 1.47 bits per heavy atom. The largest absolute Gasteiger partial charge is 0.465 e.